The number of β-lactam (4-membered cyclic amide) rings is 1. The molecule has 2 atom stereocenters. The molecule has 16 heteroatoms. The molecule has 1 aromatic heterocycles. The molecule has 34 heavy (non-hydrogen) atoms. The minimum absolute atomic E-state index is 0.125. The first-order valence-corrected chi connectivity index (χ1v) is 11.7. The highest BCUT2D eigenvalue weighted by Gasteiger charge is 2.54. The molecule has 182 valence electrons. The Bertz CT molecular complexity index is 1070. The zero-order chi connectivity index (χ0) is 24.8. The molecule has 4 amide bonds. The fourth-order valence-corrected chi connectivity index (χ4v) is 5.05. The molecular weight excluding hydrogens is 492 g/mol. The third-order valence-corrected chi connectivity index (χ3v) is 6.63. The fourth-order valence-electron chi connectivity index (χ4n) is 3.07. The number of aromatic nitrogens is 1. The van der Waals surface area contributed by atoms with Gasteiger partial charge in [0.1, 0.15) is 36.0 Å². The van der Waals surface area contributed by atoms with E-state index in [0.717, 1.165) is 16.2 Å². The highest BCUT2D eigenvalue weighted by atomic mass is 32.2. The maximum atomic E-state index is 13.0. The molecule has 5 N–H and O–H groups in total. The van der Waals surface area contributed by atoms with Crippen LogP contribution in [0.3, 0.4) is 0 Å². The second-order valence-electron chi connectivity index (χ2n) is 6.80. The molecule has 14 nitrogen and oxygen atoms in total. The average Bonchev–Trinajstić information content (AvgIpc) is 3.26. The van der Waals surface area contributed by atoms with Gasteiger partial charge in [0.05, 0.1) is 0 Å². The van der Waals surface area contributed by atoms with Crippen LogP contribution in [0.25, 0.3) is 0 Å². The number of carbonyl (C=O) groups is 5. The van der Waals surface area contributed by atoms with E-state index in [1.54, 1.807) is 0 Å². The van der Waals surface area contributed by atoms with Crippen molar-refractivity contribution in [3.8, 4) is 0 Å². The van der Waals surface area contributed by atoms with Crippen LogP contribution < -0.4 is 16.4 Å². The summed E-state index contributed by atoms with van der Waals surface area (Å²) in [7, 11) is 0. The zero-order valence-electron chi connectivity index (χ0n) is 17.7. The van der Waals surface area contributed by atoms with E-state index in [0.29, 0.717) is 12.8 Å². The van der Waals surface area contributed by atoms with Crippen LogP contribution in [0, 0.1) is 0 Å². The van der Waals surface area contributed by atoms with Crippen molar-refractivity contribution in [2.24, 2.45) is 10.9 Å². The quantitative estimate of drug-likeness (QED) is 0.1000. The molecule has 3 rings (SSSR count). The van der Waals surface area contributed by atoms with Crippen molar-refractivity contribution >= 4 is 64.2 Å². The Labute approximate surface area is 200 Å². The molecule has 3 heterocycles. The van der Waals surface area contributed by atoms with Gasteiger partial charge in [0.25, 0.3) is 11.8 Å². The number of primary amides is 1. The van der Waals surface area contributed by atoms with Crippen LogP contribution in [-0.2, 0) is 28.8 Å². The fraction of sp³-hybridized carbons (Fsp3) is 0.389. The maximum Gasteiger partial charge on any atom is 0.404 e. The largest absolute Gasteiger partial charge is 0.477 e. The van der Waals surface area contributed by atoms with Crippen LogP contribution >= 0.6 is 23.1 Å². The number of hydrogen-bond acceptors (Lipinski definition) is 11. The minimum atomic E-state index is -1.38. The van der Waals surface area contributed by atoms with Crippen LogP contribution in [0.15, 0.2) is 21.8 Å². The van der Waals surface area contributed by atoms with Crippen LogP contribution in [0.1, 0.15) is 19.0 Å². The Balaban J connectivity index is 1.78. The van der Waals surface area contributed by atoms with Gasteiger partial charge in [-0.25, -0.2) is 14.6 Å². The van der Waals surface area contributed by atoms with Gasteiger partial charge in [-0.3, -0.25) is 19.3 Å². The van der Waals surface area contributed by atoms with Gasteiger partial charge in [-0.2, -0.15) is 0 Å². The van der Waals surface area contributed by atoms with E-state index in [1.807, 2.05) is 6.92 Å². The number of rotatable bonds is 11. The van der Waals surface area contributed by atoms with Gasteiger partial charge in [0, 0.05) is 16.7 Å². The van der Waals surface area contributed by atoms with E-state index in [4.69, 9.17) is 10.6 Å². The summed E-state index contributed by atoms with van der Waals surface area (Å²) in [5.41, 5.74) is 4.75. The number of amides is 4. The second-order valence-corrected chi connectivity index (χ2v) is 8.76. The summed E-state index contributed by atoms with van der Waals surface area (Å²) in [5, 5.41) is 19.4. The van der Waals surface area contributed by atoms with E-state index >= 15 is 0 Å². The van der Waals surface area contributed by atoms with E-state index in [9.17, 15) is 29.1 Å². The molecule has 1 fully saturated rings. The number of nitrogens with one attached hydrogen (secondary N) is 2. The smallest absolute Gasteiger partial charge is 0.404 e. The Morgan fingerprint density at radius 1 is 1.44 bits per heavy atom. The van der Waals surface area contributed by atoms with Crippen LogP contribution in [-0.4, -0.2) is 81.4 Å². The first-order chi connectivity index (χ1) is 16.3. The topological polar surface area (TPSA) is 203 Å². The van der Waals surface area contributed by atoms with Gasteiger partial charge in [-0.1, -0.05) is 12.1 Å². The molecule has 0 aliphatic carbocycles. The number of thiazole rings is 1. The maximum absolute atomic E-state index is 13.0. The zero-order valence-corrected chi connectivity index (χ0v) is 19.3. The highest BCUT2D eigenvalue weighted by molar-refractivity contribution is 8.00. The first kappa shape index (κ1) is 25.0. The summed E-state index contributed by atoms with van der Waals surface area (Å²) >= 11 is 2.25. The lowest BCUT2D eigenvalue weighted by Crippen LogP contribution is -2.71. The first-order valence-electron chi connectivity index (χ1n) is 9.77. The molecule has 1 unspecified atom stereocenters. The lowest BCUT2D eigenvalue weighted by Gasteiger charge is -2.49. The third kappa shape index (κ3) is 5.28. The molecule has 0 aromatic carbocycles. The van der Waals surface area contributed by atoms with Crippen molar-refractivity contribution in [3.63, 3.8) is 0 Å². The summed E-state index contributed by atoms with van der Waals surface area (Å²) in [5.74, 6) is -2.65. The standard InChI is InChI=1S/C18H20N6O8S2/c1-2-3-32-23-10(9-6-34-18(21-9)20-7-25)13(26)22-11-14(27)24-12(16(28)29)8(4-31-17(19)30)5-33-15(11)24/h6-7,11,15H,2-5H2,1H3,(H2,19,30)(H,22,26)(H,28,29)(H,20,21,25)/t11?,15-/m1/s1. The van der Waals surface area contributed by atoms with Crippen molar-refractivity contribution in [3.05, 3.63) is 22.3 Å². The van der Waals surface area contributed by atoms with Gasteiger partial charge >= 0.3 is 12.1 Å². The van der Waals surface area contributed by atoms with Gasteiger partial charge in [0.2, 0.25) is 6.41 Å². The number of carboxylic acids is 1. The lowest BCUT2D eigenvalue weighted by atomic mass is 10.0. The number of ether oxygens (including phenoxy) is 1. The highest BCUT2D eigenvalue weighted by Crippen LogP contribution is 2.40. The number of hydrogen-bond donors (Lipinski definition) is 4. The number of nitrogens with two attached hydrogens (primary N) is 1. The number of aliphatic carboxylic acids is 1. The molecular formula is C18H20N6O8S2. The number of fused-ring (bicyclic) bond motifs is 1. The molecule has 0 spiro atoms. The van der Waals surface area contributed by atoms with Gasteiger partial charge in [0.15, 0.2) is 10.8 Å². The van der Waals surface area contributed by atoms with Crippen LogP contribution in [0.5, 0.6) is 0 Å². The van der Waals surface area contributed by atoms with Crippen LogP contribution in [0.4, 0.5) is 9.93 Å². The summed E-state index contributed by atoms with van der Waals surface area (Å²) in [6.07, 6.45) is -0.00496. The van der Waals surface area contributed by atoms with Crippen LogP contribution in [0.2, 0.25) is 0 Å². The lowest BCUT2D eigenvalue weighted by molar-refractivity contribution is -0.150. The summed E-state index contributed by atoms with van der Waals surface area (Å²) in [6, 6.07) is -1.03. The number of carbonyl (C=O) groups excluding carboxylic acids is 4. The van der Waals surface area contributed by atoms with Gasteiger partial charge < -0.3 is 31.0 Å². The summed E-state index contributed by atoms with van der Waals surface area (Å²) < 4.78 is 4.68. The van der Waals surface area contributed by atoms with Crippen molar-refractivity contribution in [1.29, 1.82) is 0 Å². The predicted molar refractivity (Wildman–Crippen MR) is 120 cm³/mol. The Morgan fingerprint density at radius 3 is 2.85 bits per heavy atom. The Morgan fingerprint density at radius 2 is 2.21 bits per heavy atom. The SMILES string of the molecule is CCCON=C(C(=O)NC1C(=O)N2C(C(=O)O)=C(COC(N)=O)CS[C@H]12)c1csc(NC=O)n1. The van der Waals surface area contributed by atoms with Crippen molar-refractivity contribution in [2.45, 2.75) is 24.8 Å². The molecule has 1 aromatic rings. The number of thioether (sulfide) groups is 1. The van der Waals surface area contributed by atoms with Crippen molar-refractivity contribution in [1.82, 2.24) is 15.2 Å². The average molecular weight is 513 g/mol. The molecule has 2 aliphatic rings. The van der Waals surface area contributed by atoms with E-state index in [-0.39, 0.29) is 46.8 Å². The molecule has 0 saturated carbocycles. The number of carboxylic acid groups (broad SMARTS) is 1. The number of nitrogens with zero attached hydrogens (tertiary/aromatic N) is 3. The Hall–Kier alpha value is -3.66. The Kier molecular flexibility index (Phi) is 8.06. The summed E-state index contributed by atoms with van der Waals surface area (Å²) in [4.78, 5) is 69.3. The molecule has 0 radical (unpaired) electrons. The van der Waals surface area contributed by atoms with Crippen molar-refractivity contribution < 1.29 is 38.7 Å². The van der Waals surface area contributed by atoms with E-state index in [2.05, 4.69) is 25.5 Å². The van der Waals surface area contributed by atoms with Gasteiger partial charge in [-0.15, -0.1) is 23.1 Å². The van der Waals surface area contributed by atoms with Gasteiger partial charge in [-0.05, 0) is 6.42 Å². The number of oxime groups is 1. The molecule has 0 bridgehead atoms. The van der Waals surface area contributed by atoms with E-state index < -0.39 is 35.3 Å². The predicted octanol–water partition coefficient (Wildman–Crippen LogP) is -0.324. The third-order valence-electron chi connectivity index (χ3n) is 4.52. The molecule has 2 aliphatic heterocycles. The number of anilines is 1. The normalized spacial score (nSPS) is 19.6. The molecule has 1 saturated heterocycles. The second kappa shape index (κ2) is 11.0. The monoisotopic (exact) mass is 512 g/mol. The van der Waals surface area contributed by atoms with Crippen molar-refractivity contribution in [2.75, 3.05) is 24.3 Å². The minimum Gasteiger partial charge on any atom is -0.477 e. The van der Waals surface area contributed by atoms with E-state index in [1.165, 1.54) is 17.1 Å². The summed E-state index contributed by atoms with van der Waals surface area (Å²) in [6.45, 7) is 1.71.